The molecule has 1 heterocycles. The van der Waals surface area contributed by atoms with Gasteiger partial charge in [0.15, 0.2) is 0 Å². The molecular weight excluding hydrogens is 226 g/mol. The summed E-state index contributed by atoms with van der Waals surface area (Å²) < 4.78 is 5.71. The maximum absolute atomic E-state index is 9.38. The van der Waals surface area contributed by atoms with E-state index in [1.54, 1.807) is 18.2 Å². The lowest BCUT2D eigenvalue weighted by Crippen LogP contribution is -1.98. The number of fused-ring (bicyclic) bond motifs is 1. The average Bonchev–Trinajstić information content (AvgIpc) is 2.85. The van der Waals surface area contributed by atoms with Gasteiger partial charge in [0.1, 0.15) is 18.1 Å². The molecule has 1 aliphatic rings. The van der Waals surface area contributed by atoms with Crippen molar-refractivity contribution in [1.82, 2.24) is 0 Å². The Kier molecular flexibility index (Phi) is 2.81. The Morgan fingerprint density at radius 1 is 1.17 bits per heavy atom. The topological polar surface area (TPSA) is 41.5 Å². The van der Waals surface area contributed by atoms with Crippen LogP contribution >= 0.6 is 0 Å². The molecule has 0 saturated heterocycles. The summed E-state index contributed by atoms with van der Waals surface area (Å²) in [4.78, 5) is 0. The monoisotopic (exact) mass is 241 g/mol. The normalized spacial score (nSPS) is 12.9. The molecule has 0 aromatic heterocycles. The SMILES string of the molecule is Oc1cccc(OCc2cccc3c2CCN3)c1. The van der Waals surface area contributed by atoms with Crippen molar-refractivity contribution in [2.45, 2.75) is 13.0 Å². The number of aromatic hydroxyl groups is 1. The smallest absolute Gasteiger partial charge is 0.123 e. The minimum Gasteiger partial charge on any atom is -0.508 e. The van der Waals surface area contributed by atoms with Crippen LogP contribution in [0.3, 0.4) is 0 Å². The Hall–Kier alpha value is -2.16. The van der Waals surface area contributed by atoms with E-state index in [1.807, 2.05) is 12.1 Å². The van der Waals surface area contributed by atoms with E-state index in [-0.39, 0.29) is 5.75 Å². The van der Waals surface area contributed by atoms with Crippen molar-refractivity contribution in [1.29, 1.82) is 0 Å². The molecule has 2 N–H and O–H groups in total. The van der Waals surface area contributed by atoms with Crippen LogP contribution in [0.4, 0.5) is 5.69 Å². The molecule has 0 fully saturated rings. The molecule has 0 atom stereocenters. The van der Waals surface area contributed by atoms with Gasteiger partial charge in [-0.05, 0) is 35.7 Å². The van der Waals surface area contributed by atoms with Gasteiger partial charge in [-0.2, -0.15) is 0 Å². The van der Waals surface area contributed by atoms with Crippen molar-refractivity contribution < 1.29 is 9.84 Å². The molecule has 0 amide bonds. The lowest BCUT2D eigenvalue weighted by Gasteiger charge is -2.10. The van der Waals surface area contributed by atoms with Crippen molar-refractivity contribution in [3.8, 4) is 11.5 Å². The third-order valence-electron chi connectivity index (χ3n) is 3.18. The molecule has 2 aromatic rings. The quantitative estimate of drug-likeness (QED) is 0.868. The van der Waals surface area contributed by atoms with Crippen molar-refractivity contribution in [2.75, 3.05) is 11.9 Å². The minimum atomic E-state index is 0.229. The molecule has 0 radical (unpaired) electrons. The standard InChI is InChI=1S/C15H15NO2/c17-12-4-2-5-13(9-12)18-10-11-3-1-6-15-14(11)7-8-16-15/h1-6,9,16-17H,7-8,10H2. The highest BCUT2D eigenvalue weighted by molar-refractivity contribution is 5.58. The highest BCUT2D eigenvalue weighted by atomic mass is 16.5. The van der Waals surface area contributed by atoms with Gasteiger partial charge in [-0.15, -0.1) is 0 Å². The van der Waals surface area contributed by atoms with E-state index < -0.39 is 0 Å². The zero-order valence-electron chi connectivity index (χ0n) is 10.0. The zero-order chi connectivity index (χ0) is 12.4. The van der Waals surface area contributed by atoms with Gasteiger partial charge in [0, 0.05) is 18.3 Å². The maximum Gasteiger partial charge on any atom is 0.123 e. The fraction of sp³-hybridized carbons (Fsp3) is 0.200. The summed E-state index contributed by atoms with van der Waals surface area (Å²) >= 11 is 0. The first-order valence-corrected chi connectivity index (χ1v) is 6.09. The van der Waals surface area contributed by atoms with Gasteiger partial charge in [-0.1, -0.05) is 18.2 Å². The van der Waals surface area contributed by atoms with Crippen LogP contribution in [0.15, 0.2) is 42.5 Å². The second kappa shape index (κ2) is 4.61. The molecule has 0 aliphatic carbocycles. The van der Waals surface area contributed by atoms with Crippen LogP contribution in [-0.2, 0) is 13.0 Å². The molecule has 0 saturated carbocycles. The lowest BCUT2D eigenvalue weighted by atomic mass is 10.1. The Morgan fingerprint density at radius 3 is 2.94 bits per heavy atom. The molecule has 18 heavy (non-hydrogen) atoms. The predicted molar refractivity (Wildman–Crippen MR) is 71.1 cm³/mol. The summed E-state index contributed by atoms with van der Waals surface area (Å²) in [5.41, 5.74) is 3.77. The highest BCUT2D eigenvalue weighted by Crippen LogP contribution is 2.27. The highest BCUT2D eigenvalue weighted by Gasteiger charge is 2.13. The van der Waals surface area contributed by atoms with E-state index in [1.165, 1.54) is 16.8 Å². The zero-order valence-corrected chi connectivity index (χ0v) is 10.0. The third kappa shape index (κ3) is 2.12. The maximum atomic E-state index is 9.38. The van der Waals surface area contributed by atoms with Crippen molar-refractivity contribution in [2.24, 2.45) is 0 Å². The molecule has 0 bridgehead atoms. The molecule has 0 spiro atoms. The molecular formula is C15H15NO2. The molecule has 0 unspecified atom stereocenters. The number of nitrogens with one attached hydrogen (secondary N) is 1. The van der Waals surface area contributed by atoms with Crippen LogP contribution in [0.2, 0.25) is 0 Å². The van der Waals surface area contributed by atoms with E-state index in [9.17, 15) is 5.11 Å². The molecule has 2 aromatic carbocycles. The molecule has 1 aliphatic heterocycles. The number of ether oxygens (including phenoxy) is 1. The van der Waals surface area contributed by atoms with Gasteiger partial charge in [0.05, 0.1) is 0 Å². The van der Waals surface area contributed by atoms with Gasteiger partial charge in [0.2, 0.25) is 0 Å². The fourth-order valence-electron chi connectivity index (χ4n) is 2.29. The third-order valence-corrected chi connectivity index (χ3v) is 3.18. The van der Waals surface area contributed by atoms with Crippen LogP contribution in [0, 0.1) is 0 Å². The van der Waals surface area contributed by atoms with Crippen LogP contribution in [0.5, 0.6) is 11.5 Å². The van der Waals surface area contributed by atoms with Gasteiger partial charge < -0.3 is 15.2 Å². The van der Waals surface area contributed by atoms with Crippen LogP contribution in [0.25, 0.3) is 0 Å². The number of phenols is 1. The number of hydrogen-bond donors (Lipinski definition) is 2. The second-order valence-electron chi connectivity index (χ2n) is 4.41. The van der Waals surface area contributed by atoms with Crippen molar-refractivity contribution in [3.05, 3.63) is 53.6 Å². The summed E-state index contributed by atoms with van der Waals surface area (Å²) in [7, 11) is 0. The summed E-state index contributed by atoms with van der Waals surface area (Å²) in [6, 6.07) is 13.1. The van der Waals surface area contributed by atoms with Crippen LogP contribution < -0.4 is 10.1 Å². The second-order valence-corrected chi connectivity index (χ2v) is 4.41. The van der Waals surface area contributed by atoms with Gasteiger partial charge in [0.25, 0.3) is 0 Å². The van der Waals surface area contributed by atoms with E-state index in [0.29, 0.717) is 12.4 Å². The van der Waals surface area contributed by atoms with E-state index in [2.05, 4.69) is 17.4 Å². The van der Waals surface area contributed by atoms with Gasteiger partial charge in [-0.25, -0.2) is 0 Å². The van der Waals surface area contributed by atoms with E-state index >= 15 is 0 Å². The number of benzene rings is 2. The lowest BCUT2D eigenvalue weighted by molar-refractivity contribution is 0.303. The number of anilines is 1. The first-order valence-electron chi connectivity index (χ1n) is 6.09. The van der Waals surface area contributed by atoms with Crippen molar-refractivity contribution >= 4 is 5.69 Å². The minimum absolute atomic E-state index is 0.229. The van der Waals surface area contributed by atoms with Crippen molar-refractivity contribution in [3.63, 3.8) is 0 Å². The number of hydrogen-bond acceptors (Lipinski definition) is 3. The number of phenolic OH excluding ortho intramolecular Hbond substituents is 1. The van der Waals surface area contributed by atoms with Gasteiger partial charge >= 0.3 is 0 Å². The van der Waals surface area contributed by atoms with Gasteiger partial charge in [-0.3, -0.25) is 0 Å². The van der Waals surface area contributed by atoms with Crippen LogP contribution in [-0.4, -0.2) is 11.7 Å². The predicted octanol–water partition coefficient (Wildman–Crippen LogP) is 2.94. The first kappa shape index (κ1) is 11.0. The average molecular weight is 241 g/mol. The number of rotatable bonds is 3. The molecule has 3 heteroatoms. The van der Waals surface area contributed by atoms with E-state index in [0.717, 1.165) is 13.0 Å². The Balaban J connectivity index is 1.76. The Morgan fingerprint density at radius 2 is 2.06 bits per heavy atom. The summed E-state index contributed by atoms with van der Waals surface area (Å²) in [5, 5.41) is 12.7. The largest absolute Gasteiger partial charge is 0.508 e. The van der Waals surface area contributed by atoms with Crippen LogP contribution in [0.1, 0.15) is 11.1 Å². The summed E-state index contributed by atoms with van der Waals surface area (Å²) in [5.74, 6) is 0.922. The molecule has 92 valence electrons. The fourth-order valence-corrected chi connectivity index (χ4v) is 2.29. The molecule has 3 rings (SSSR count). The first-order chi connectivity index (χ1) is 8.83. The summed E-state index contributed by atoms with van der Waals surface area (Å²) in [6.07, 6.45) is 1.05. The molecule has 3 nitrogen and oxygen atoms in total. The summed E-state index contributed by atoms with van der Waals surface area (Å²) in [6.45, 7) is 1.53. The van der Waals surface area contributed by atoms with E-state index in [4.69, 9.17) is 4.74 Å². The Labute approximate surface area is 106 Å². The Bertz CT molecular complexity index is 566.